The molecule has 5 aromatic carbocycles. The van der Waals surface area contributed by atoms with Gasteiger partial charge < -0.3 is 5.32 Å². The van der Waals surface area contributed by atoms with Gasteiger partial charge in [-0.1, -0.05) is 44.7 Å². The molecule has 2 aliphatic rings. The van der Waals surface area contributed by atoms with E-state index in [-0.39, 0.29) is 36.9 Å². The van der Waals surface area contributed by atoms with E-state index in [0.717, 1.165) is 43.3 Å². The lowest BCUT2D eigenvalue weighted by atomic mass is 9.82. The molecule has 7 rings (SSSR count). The van der Waals surface area contributed by atoms with Crippen LogP contribution in [0, 0.1) is 0 Å². The van der Waals surface area contributed by atoms with Gasteiger partial charge >= 0.3 is 0 Å². The first-order valence-electron chi connectivity index (χ1n) is 14.2. The molecule has 0 aliphatic carbocycles. The molecule has 0 radical (unpaired) electrons. The molecule has 5 aromatic rings. The highest BCUT2D eigenvalue weighted by Crippen LogP contribution is 2.46. The summed E-state index contributed by atoms with van der Waals surface area (Å²) in [6.45, 7) is 7.53. The first-order chi connectivity index (χ1) is 20.3. The summed E-state index contributed by atoms with van der Waals surface area (Å²) in [7, 11) is 0. The average Bonchev–Trinajstić information content (AvgIpc) is 3.01. The summed E-state index contributed by atoms with van der Waals surface area (Å²) >= 11 is 0. The average molecular weight is 558 g/mol. The third-order valence-corrected chi connectivity index (χ3v) is 8.88. The van der Waals surface area contributed by atoms with E-state index >= 15 is 0 Å². The SMILES string of the molecule is C=CC(=O)NCCN1C(=O)c2ccc3c4ccc5c6c(ccc(c7ccc(c2c37)C1=O)c64)C(=O)N(C(CC)CC)C5=O. The third-order valence-electron chi connectivity index (χ3n) is 8.88. The Hall–Kier alpha value is -5.11. The summed E-state index contributed by atoms with van der Waals surface area (Å²) < 4.78 is 0. The monoisotopic (exact) mass is 557 g/mol. The maximum atomic E-state index is 13.7. The minimum Gasteiger partial charge on any atom is -0.351 e. The van der Waals surface area contributed by atoms with Crippen molar-refractivity contribution in [3.05, 3.63) is 83.4 Å². The fraction of sp³-hybridized carbons (Fsp3) is 0.206. The molecule has 2 aliphatic heterocycles. The third kappa shape index (κ3) is 3.26. The zero-order valence-electron chi connectivity index (χ0n) is 23.2. The molecule has 42 heavy (non-hydrogen) atoms. The number of amides is 5. The highest BCUT2D eigenvalue weighted by molar-refractivity contribution is 6.41. The Labute approximate surface area is 240 Å². The van der Waals surface area contributed by atoms with Gasteiger partial charge in [0.05, 0.1) is 0 Å². The summed E-state index contributed by atoms with van der Waals surface area (Å²) in [6.07, 6.45) is 2.50. The molecule has 208 valence electrons. The number of imide groups is 2. The van der Waals surface area contributed by atoms with Crippen LogP contribution in [0.3, 0.4) is 0 Å². The Morgan fingerprint density at radius 1 is 0.690 bits per heavy atom. The van der Waals surface area contributed by atoms with Gasteiger partial charge in [0.15, 0.2) is 0 Å². The summed E-state index contributed by atoms with van der Waals surface area (Å²) in [5, 5.41) is 8.89. The molecule has 8 heteroatoms. The van der Waals surface area contributed by atoms with E-state index in [0.29, 0.717) is 45.9 Å². The van der Waals surface area contributed by atoms with Crippen molar-refractivity contribution in [3.8, 4) is 0 Å². The lowest BCUT2D eigenvalue weighted by Gasteiger charge is -2.33. The van der Waals surface area contributed by atoms with E-state index in [4.69, 9.17) is 0 Å². The second-order valence-electron chi connectivity index (χ2n) is 10.9. The number of hydrogen-bond donors (Lipinski definition) is 1. The molecular weight excluding hydrogens is 530 g/mol. The Morgan fingerprint density at radius 3 is 1.48 bits per heavy atom. The highest BCUT2D eigenvalue weighted by Gasteiger charge is 2.38. The second-order valence-corrected chi connectivity index (χ2v) is 10.9. The van der Waals surface area contributed by atoms with Crippen LogP contribution >= 0.6 is 0 Å². The molecule has 0 atom stereocenters. The minimum atomic E-state index is -0.419. The fourth-order valence-electron chi connectivity index (χ4n) is 6.89. The summed E-state index contributed by atoms with van der Waals surface area (Å²) in [5.74, 6) is -1.77. The van der Waals surface area contributed by atoms with Gasteiger partial charge in [-0.05, 0) is 75.5 Å². The summed E-state index contributed by atoms with van der Waals surface area (Å²) in [4.78, 5) is 68.7. The molecule has 0 saturated heterocycles. The van der Waals surface area contributed by atoms with Crippen LogP contribution in [-0.2, 0) is 4.79 Å². The van der Waals surface area contributed by atoms with Crippen molar-refractivity contribution < 1.29 is 24.0 Å². The number of benzene rings is 5. The van der Waals surface area contributed by atoms with E-state index in [9.17, 15) is 24.0 Å². The molecule has 0 bridgehead atoms. The zero-order chi connectivity index (χ0) is 29.4. The lowest BCUT2D eigenvalue weighted by Crippen LogP contribution is -2.46. The van der Waals surface area contributed by atoms with E-state index < -0.39 is 11.8 Å². The Kier molecular flexibility index (Phi) is 5.66. The number of carbonyl (C=O) groups excluding carboxylic acids is 5. The van der Waals surface area contributed by atoms with Gasteiger partial charge in [-0.25, -0.2) is 0 Å². The Balaban J connectivity index is 1.46. The molecule has 0 aromatic heterocycles. The maximum Gasteiger partial charge on any atom is 0.261 e. The van der Waals surface area contributed by atoms with Gasteiger partial charge in [-0.15, -0.1) is 0 Å². The molecule has 0 unspecified atom stereocenters. The standard InChI is InChI=1S/C34H27N3O5/c1-4-17(5-2)37-33(41)24-13-9-20-18-7-11-22-29-23(32(40)36(31(22)39)16-15-35-26(38)6-3)12-8-19(27(18)29)21-10-14-25(34(37)42)30(24)28(20)21/h6-14,17H,3-5,15-16H2,1-2H3,(H,35,38). The Bertz CT molecular complexity index is 1950. The number of nitrogens with one attached hydrogen (secondary N) is 1. The van der Waals surface area contributed by atoms with Gasteiger partial charge in [0.25, 0.3) is 23.6 Å². The summed E-state index contributed by atoms with van der Waals surface area (Å²) in [6, 6.07) is 14.5. The van der Waals surface area contributed by atoms with Crippen LogP contribution in [0.25, 0.3) is 43.1 Å². The van der Waals surface area contributed by atoms with Gasteiger partial charge in [-0.2, -0.15) is 0 Å². The molecule has 0 saturated carbocycles. The van der Waals surface area contributed by atoms with Crippen molar-refractivity contribution in [2.75, 3.05) is 13.1 Å². The lowest BCUT2D eigenvalue weighted by molar-refractivity contribution is -0.116. The van der Waals surface area contributed by atoms with Crippen LogP contribution in [0.5, 0.6) is 0 Å². The van der Waals surface area contributed by atoms with Crippen molar-refractivity contribution in [3.63, 3.8) is 0 Å². The summed E-state index contributed by atoms with van der Waals surface area (Å²) in [5.41, 5.74) is 1.85. The molecule has 2 heterocycles. The molecule has 5 amide bonds. The van der Waals surface area contributed by atoms with Crippen LogP contribution in [0.15, 0.2) is 61.2 Å². The molecular formula is C34H27N3O5. The molecule has 0 fully saturated rings. The number of nitrogens with zero attached hydrogens (tertiary/aromatic N) is 2. The fourth-order valence-corrected chi connectivity index (χ4v) is 6.89. The van der Waals surface area contributed by atoms with Crippen LogP contribution in [-0.4, -0.2) is 58.5 Å². The van der Waals surface area contributed by atoms with E-state index in [1.54, 1.807) is 24.3 Å². The zero-order valence-corrected chi connectivity index (χ0v) is 23.2. The topological polar surface area (TPSA) is 104 Å². The van der Waals surface area contributed by atoms with Crippen molar-refractivity contribution in [1.29, 1.82) is 0 Å². The maximum absolute atomic E-state index is 13.7. The normalized spacial score (nSPS) is 14.8. The van der Waals surface area contributed by atoms with Gasteiger partial charge in [0.2, 0.25) is 5.91 Å². The quantitative estimate of drug-likeness (QED) is 0.125. The first-order valence-corrected chi connectivity index (χ1v) is 14.2. The van der Waals surface area contributed by atoms with Crippen LogP contribution in [0.2, 0.25) is 0 Å². The van der Waals surface area contributed by atoms with Gasteiger partial charge in [0, 0.05) is 52.2 Å². The largest absolute Gasteiger partial charge is 0.351 e. The highest BCUT2D eigenvalue weighted by atomic mass is 16.2. The van der Waals surface area contributed by atoms with Crippen molar-refractivity contribution in [2.24, 2.45) is 0 Å². The van der Waals surface area contributed by atoms with E-state index in [1.807, 2.05) is 38.1 Å². The predicted octanol–water partition coefficient (Wildman–Crippen LogP) is 5.42. The number of hydrogen-bond acceptors (Lipinski definition) is 5. The Morgan fingerprint density at radius 2 is 1.10 bits per heavy atom. The predicted molar refractivity (Wildman–Crippen MR) is 161 cm³/mol. The second kappa shape index (κ2) is 9.21. The smallest absolute Gasteiger partial charge is 0.261 e. The van der Waals surface area contributed by atoms with Crippen molar-refractivity contribution in [1.82, 2.24) is 15.1 Å². The van der Waals surface area contributed by atoms with Gasteiger partial charge in [0.1, 0.15) is 0 Å². The van der Waals surface area contributed by atoms with Crippen LogP contribution in [0.1, 0.15) is 68.1 Å². The molecule has 8 nitrogen and oxygen atoms in total. The van der Waals surface area contributed by atoms with Crippen molar-refractivity contribution in [2.45, 2.75) is 32.7 Å². The number of rotatable bonds is 7. The van der Waals surface area contributed by atoms with E-state index in [1.165, 1.54) is 4.90 Å². The van der Waals surface area contributed by atoms with Crippen LogP contribution in [0.4, 0.5) is 0 Å². The molecule has 0 spiro atoms. The minimum absolute atomic E-state index is 0.0331. The van der Waals surface area contributed by atoms with Crippen LogP contribution < -0.4 is 5.32 Å². The first kappa shape index (κ1) is 25.8. The molecule has 1 N–H and O–H groups in total. The van der Waals surface area contributed by atoms with Gasteiger partial charge in [-0.3, -0.25) is 33.8 Å². The van der Waals surface area contributed by atoms with E-state index in [2.05, 4.69) is 11.9 Å². The van der Waals surface area contributed by atoms with Crippen molar-refractivity contribution >= 4 is 72.6 Å². The number of carbonyl (C=O) groups is 5. The number of fused-ring (bicyclic) bond motifs is 2.